The third-order valence-electron chi connectivity index (χ3n) is 2.44. The van der Waals surface area contributed by atoms with E-state index in [9.17, 15) is 4.79 Å². The number of nitrogens with zero attached hydrogens (tertiary/aromatic N) is 1. The maximum Gasteiger partial charge on any atom is 0.266 e. The average Bonchev–Trinajstić information content (AvgIpc) is 2.86. The summed E-state index contributed by atoms with van der Waals surface area (Å²) in [6.45, 7) is 2.00. The van der Waals surface area contributed by atoms with Crippen molar-refractivity contribution in [3.05, 3.63) is 45.8 Å². The van der Waals surface area contributed by atoms with Crippen molar-refractivity contribution in [2.24, 2.45) is 0 Å². The van der Waals surface area contributed by atoms with Crippen molar-refractivity contribution in [2.75, 3.05) is 11.9 Å². The highest BCUT2D eigenvalue weighted by atomic mass is 32.1. The van der Waals surface area contributed by atoms with Crippen LogP contribution in [0.25, 0.3) is 0 Å². The van der Waals surface area contributed by atoms with Gasteiger partial charge < -0.3 is 10.4 Å². The van der Waals surface area contributed by atoms with Crippen LogP contribution in [0, 0.1) is 18.8 Å². The first-order chi connectivity index (χ1) is 9.69. The molecule has 1 amide bonds. The summed E-state index contributed by atoms with van der Waals surface area (Å²) in [5.74, 6) is 6.03. The second-order valence-electron chi connectivity index (χ2n) is 4.07. The number of anilines is 1. The molecule has 0 spiro atoms. The molecule has 0 saturated carbocycles. The Kier molecular flexibility index (Phi) is 4.88. The van der Waals surface area contributed by atoms with Crippen LogP contribution < -0.4 is 5.32 Å². The van der Waals surface area contributed by atoms with Crippen molar-refractivity contribution in [2.45, 2.75) is 13.3 Å². The number of carbonyl (C=O) groups excluding carboxylic acids is 1. The Morgan fingerprint density at radius 1 is 1.45 bits per heavy atom. The molecule has 0 aliphatic carbocycles. The summed E-state index contributed by atoms with van der Waals surface area (Å²) < 4.78 is 0. The summed E-state index contributed by atoms with van der Waals surface area (Å²) in [5, 5.41) is 11.4. The summed E-state index contributed by atoms with van der Waals surface area (Å²) >= 11 is 1.44. The molecule has 0 aliphatic heterocycles. The summed E-state index contributed by atoms with van der Waals surface area (Å²) in [6, 6.07) is 7.17. The standard InChI is InChI=1S/C15H14N2O2S/c1-11-5-6-13(20-11)15(19)17-14-10-12(7-8-16-14)4-2-3-9-18/h5-8,10,18H,3,9H2,1H3,(H,16,17,19). The van der Waals surface area contributed by atoms with E-state index in [-0.39, 0.29) is 12.5 Å². The first kappa shape index (κ1) is 14.3. The predicted molar refractivity (Wildman–Crippen MR) is 79.8 cm³/mol. The lowest BCUT2D eigenvalue weighted by Crippen LogP contribution is -2.11. The van der Waals surface area contributed by atoms with Crippen LogP contribution in [-0.2, 0) is 0 Å². The van der Waals surface area contributed by atoms with Gasteiger partial charge in [-0.15, -0.1) is 11.3 Å². The number of hydrogen-bond acceptors (Lipinski definition) is 4. The van der Waals surface area contributed by atoms with Crippen molar-refractivity contribution in [3.63, 3.8) is 0 Å². The molecular formula is C15H14N2O2S. The highest BCUT2D eigenvalue weighted by Gasteiger charge is 2.08. The molecule has 2 aromatic rings. The number of hydrogen-bond donors (Lipinski definition) is 2. The Balaban J connectivity index is 2.08. The van der Waals surface area contributed by atoms with E-state index in [4.69, 9.17) is 5.11 Å². The molecular weight excluding hydrogens is 272 g/mol. The van der Waals surface area contributed by atoms with Gasteiger partial charge in [-0.05, 0) is 31.2 Å². The van der Waals surface area contributed by atoms with E-state index in [0.29, 0.717) is 17.1 Å². The molecule has 0 atom stereocenters. The van der Waals surface area contributed by atoms with Crippen LogP contribution in [-0.4, -0.2) is 22.6 Å². The topological polar surface area (TPSA) is 62.2 Å². The lowest BCUT2D eigenvalue weighted by molar-refractivity contribution is 0.103. The quantitative estimate of drug-likeness (QED) is 0.852. The average molecular weight is 286 g/mol. The number of aliphatic hydroxyl groups excluding tert-OH is 1. The van der Waals surface area contributed by atoms with Gasteiger partial charge in [0.2, 0.25) is 0 Å². The number of thiophene rings is 1. The van der Waals surface area contributed by atoms with E-state index < -0.39 is 0 Å². The summed E-state index contributed by atoms with van der Waals surface area (Å²) in [4.78, 5) is 17.8. The number of aromatic nitrogens is 1. The lowest BCUT2D eigenvalue weighted by atomic mass is 10.2. The van der Waals surface area contributed by atoms with Crippen LogP contribution >= 0.6 is 11.3 Å². The summed E-state index contributed by atoms with van der Waals surface area (Å²) in [6.07, 6.45) is 2.02. The van der Waals surface area contributed by atoms with E-state index in [1.54, 1.807) is 24.4 Å². The van der Waals surface area contributed by atoms with Crippen LogP contribution in [0.15, 0.2) is 30.5 Å². The number of rotatable bonds is 3. The van der Waals surface area contributed by atoms with Gasteiger partial charge in [-0.25, -0.2) is 4.98 Å². The number of aliphatic hydroxyl groups is 1. The number of carbonyl (C=O) groups is 1. The normalized spacial score (nSPS) is 9.70. The van der Waals surface area contributed by atoms with Crippen molar-refractivity contribution < 1.29 is 9.90 Å². The van der Waals surface area contributed by atoms with Crippen LogP contribution in [0.2, 0.25) is 0 Å². The monoisotopic (exact) mass is 286 g/mol. The van der Waals surface area contributed by atoms with Gasteiger partial charge in [0.15, 0.2) is 0 Å². The van der Waals surface area contributed by atoms with Gasteiger partial charge >= 0.3 is 0 Å². The van der Waals surface area contributed by atoms with Gasteiger partial charge in [0, 0.05) is 23.1 Å². The highest BCUT2D eigenvalue weighted by molar-refractivity contribution is 7.14. The van der Waals surface area contributed by atoms with Gasteiger partial charge in [0.25, 0.3) is 5.91 Å². The Morgan fingerprint density at radius 2 is 2.30 bits per heavy atom. The van der Waals surface area contributed by atoms with Gasteiger partial charge in [-0.2, -0.15) is 0 Å². The minimum atomic E-state index is -0.170. The van der Waals surface area contributed by atoms with E-state index in [1.165, 1.54) is 11.3 Å². The summed E-state index contributed by atoms with van der Waals surface area (Å²) in [7, 11) is 0. The molecule has 2 rings (SSSR count). The minimum absolute atomic E-state index is 0.0411. The van der Waals surface area contributed by atoms with Gasteiger partial charge in [-0.1, -0.05) is 11.8 Å². The predicted octanol–water partition coefficient (Wildman–Crippen LogP) is 2.44. The molecule has 2 N–H and O–H groups in total. The van der Waals surface area contributed by atoms with Gasteiger partial charge in [-0.3, -0.25) is 4.79 Å². The smallest absolute Gasteiger partial charge is 0.266 e. The molecule has 102 valence electrons. The molecule has 2 aromatic heterocycles. The molecule has 0 saturated heterocycles. The van der Waals surface area contributed by atoms with E-state index in [2.05, 4.69) is 22.1 Å². The SMILES string of the molecule is Cc1ccc(C(=O)Nc2cc(C#CCCO)ccn2)s1. The van der Waals surface area contributed by atoms with E-state index >= 15 is 0 Å². The number of nitrogens with one attached hydrogen (secondary N) is 1. The first-order valence-electron chi connectivity index (χ1n) is 6.12. The molecule has 2 heterocycles. The van der Waals surface area contributed by atoms with Crippen molar-refractivity contribution in [3.8, 4) is 11.8 Å². The maximum absolute atomic E-state index is 12.0. The lowest BCUT2D eigenvalue weighted by Gasteiger charge is -2.02. The van der Waals surface area contributed by atoms with E-state index in [0.717, 1.165) is 10.4 Å². The van der Waals surface area contributed by atoms with Crippen molar-refractivity contribution >= 4 is 23.1 Å². The first-order valence-corrected chi connectivity index (χ1v) is 6.94. The van der Waals surface area contributed by atoms with Crippen LogP contribution in [0.4, 0.5) is 5.82 Å². The maximum atomic E-state index is 12.0. The van der Waals surface area contributed by atoms with Crippen LogP contribution in [0.1, 0.15) is 26.5 Å². The van der Waals surface area contributed by atoms with Crippen molar-refractivity contribution in [1.29, 1.82) is 0 Å². The third kappa shape index (κ3) is 3.92. The molecule has 20 heavy (non-hydrogen) atoms. The Bertz CT molecular complexity index is 668. The molecule has 0 fully saturated rings. The molecule has 0 radical (unpaired) electrons. The molecule has 0 aromatic carbocycles. The zero-order valence-electron chi connectivity index (χ0n) is 11.0. The number of aryl methyl sites for hydroxylation is 1. The molecule has 0 unspecified atom stereocenters. The fourth-order valence-electron chi connectivity index (χ4n) is 1.53. The molecule has 0 aliphatic rings. The number of amides is 1. The van der Waals surface area contributed by atoms with Crippen LogP contribution in [0.3, 0.4) is 0 Å². The van der Waals surface area contributed by atoms with Gasteiger partial charge in [0.1, 0.15) is 5.82 Å². The summed E-state index contributed by atoms with van der Waals surface area (Å²) in [5.41, 5.74) is 0.756. The Morgan fingerprint density at radius 3 is 3.00 bits per heavy atom. The molecule has 4 nitrogen and oxygen atoms in total. The van der Waals surface area contributed by atoms with Crippen molar-refractivity contribution in [1.82, 2.24) is 4.98 Å². The number of pyridine rings is 1. The fraction of sp³-hybridized carbons (Fsp3) is 0.200. The second-order valence-corrected chi connectivity index (χ2v) is 5.36. The zero-order chi connectivity index (χ0) is 14.4. The Labute approximate surface area is 121 Å². The Hall–Kier alpha value is -2.16. The second kappa shape index (κ2) is 6.85. The van der Waals surface area contributed by atoms with Gasteiger partial charge in [0.05, 0.1) is 11.5 Å². The highest BCUT2D eigenvalue weighted by Crippen LogP contribution is 2.16. The molecule has 5 heteroatoms. The zero-order valence-corrected chi connectivity index (χ0v) is 11.8. The largest absolute Gasteiger partial charge is 0.395 e. The van der Waals surface area contributed by atoms with Crippen LogP contribution in [0.5, 0.6) is 0 Å². The van der Waals surface area contributed by atoms with E-state index in [1.807, 2.05) is 13.0 Å². The minimum Gasteiger partial charge on any atom is -0.395 e. The fourth-order valence-corrected chi connectivity index (χ4v) is 2.29. The molecule has 0 bridgehead atoms. The third-order valence-corrected chi connectivity index (χ3v) is 3.43.